The number of rotatable bonds is 4. The Bertz CT molecular complexity index is 809. The predicted molar refractivity (Wildman–Crippen MR) is 97.4 cm³/mol. The highest BCUT2D eigenvalue weighted by Crippen LogP contribution is 2.50. The van der Waals surface area contributed by atoms with Crippen LogP contribution in [-0.4, -0.2) is 64.7 Å². The van der Waals surface area contributed by atoms with E-state index in [-0.39, 0.29) is 17.7 Å². The quantitative estimate of drug-likeness (QED) is 0.815. The van der Waals surface area contributed by atoms with Crippen molar-refractivity contribution < 1.29 is 14.3 Å². The van der Waals surface area contributed by atoms with Crippen LogP contribution in [0.5, 0.6) is 5.88 Å². The van der Waals surface area contributed by atoms with E-state index in [9.17, 15) is 9.59 Å². The number of ether oxygens (including phenoxy) is 1. The smallest absolute Gasteiger partial charge is 0.261 e. The van der Waals surface area contributed by atoms with Gasteiger partial charge in [-0.25, -0.2) is 0 Å². The molecule has 1 saturated heterocycles. The van der Waals surface area contributed by atoms with Gasteiger partial charge < -0.3 is 14.5 Å². The fraction of sp³-hybridized carbons (Fsp3) is 0.500. The Morgan fingerprint density at radius 1 is 1.23 bits per heavy atom. The second kappa shape index (κ2) is 6.75. The first-order valence-corrected chi connectivity index (χ1v) is 9.65. The van der Waals surface area contributed by atoms with E-state index in [1.54, 1.807) is 34.2 Å². The number of thiophene rings is 1. The fourth-order valence-electron chi connectivity index (χ4n) is 3.58. The molecule has 4 rings (SSSR count). The zero-order valence-corrected chi connectivity index (χ0v) is 15.7. The molecule has 2 atom stereocenters. The lowest BCUT2D eigenvalue weighted by Crippen LogP contribution is -2.51. The Balaban J connectivity index is 1.34. The summed E-state index contributed by atoms with van der Waals surface area (Å²) in [7, 11) is 3.27. The van der Waals surface area contributed by atoms with Crippen LogP contribution in [0.3, 0.4) is 0 Å². The van der Waals surface area contributed by atoms with Gasteiger partial charge in [-0.15, -0.1) is 16.4 Å². The number of nitrogens with zero attached hydrogens (tertiary/aromatic N) is 4. The Morgan fingerprint density at radius 2 is 1.96 bits per heavy atom. The number of aromatic nitrogens is 2. The summed E-state index contributed by atoms with van der Waals surface area (Å²) in [6.45, 7) is 2.25. The van der Waals surface area contributed by atoms with Gasteiger partial charge in [-0.2, -0.15) is 0 Å². The lowest BCUT2D eigenvalue weighted by atomic mass is 10.2. The van der Waals surface area contributed by atoms with Gasteiger partial charge in [0.1, 0.15) is 5.56 Å². The number of carbonyl (C=O) groups excluding carboxylic acids is 2. The van der Waals surface area contributed by atoms with Crippen molar-refractivity contribution in [1.82, 2.24) is 19.6 Å². The molecule has 3 heterocycles. The summed E-state index contributed by atoms with van der Waals surface area (Å²) >= 11 is 1.73. The molecule has 2 aliphatic rings. The first-order valence-electron chi connectivity index (χ1n) is 8.77. The molecule has 0 aromatic carbocycles. The minimum Gasteiger partial charge on any atom is -0.479 e. The van der Waals surface area contributed by atoms with E-state index < -0.39 is 0 Å². The Kier molecular flexibility index (Phi) is 4.44. The second-order valence-electron chi connectivity index (χ2n) is 6.81. The van der Waals surface area contributed by atoms with Gasteiger partial charge in [0.05, 0.1) is 7.11 Å². The van der Waals surface area contributed by atoms with Crippen molar-refractivity contribution in [1.29, 1.82) is 0 Å². The highest BCUT2D eigenvalue weighted by atomic mass is 32.1. The third-order valence-electron chi connectivity index (χ3n) is 5.11. The van der Waals surface area contributed by atoms with E-state index in [4.69, 9.17) is 4.74 Å². The molecule has 2 aromatic heterocycles. The first-order chi connectivity index (χ1) is 12.6. The van der Waals surface area contributed by atoms with Crippen LogP contribution in [-0.2, 0) is 11.8 Å². The summed E-state index contributed by atoms with van der Waals surface area (Å²) in [5.74, 6) is 0.989. The van der Waals surface area contributed by atoms with Gasteiger partial charge in [-0.3, -0.25) is 14.3 Å². The van der Waals surface area contributed by atoms with Gasteiger partial charge in [-0.05, 0) is 17.9 Å². The zero-order chi connectivity index (χ0) is 18.3. The molecular weight excluding hydrogens is 352 g/mol. The van der Waals surface area contributed by atoms with Gasteiger partial charge in [0.25, 0.3) is 5.91 Å². The number of carbonyl (C=O) groups is 2. The van der Waals surface area contributed by atoms with Crippen molar-refractivity contribution >= 4 is 23.2 Å². The van der Waals surface area contributed by atoms with Gasteiger partial charge in [0.15, 0.2) is 0 Å². The zero-order valence-electron chi connectivity index (χ0n) is 14.9. The maximum Gasteiger partial charge on any atom is 0.261 e. The van der Waals surface area contributed by atoms with Gasteiger partial charge in [0, 0.05) is 56.1 Å². The van der Waals surface area contributed by atoms with Crippen molar-refractivity contribution in [2.75, 3.05) is 33.3 Å². The molecule has 0 radical (unpaired) electrons. The standard InChI is InChI=1S/C18H22N4O3S/c1-20-11-14(16(19-20)25-2)18(24)22-7-5-21(6-8-22)17(23)13-10-12(13)15-4-3-9-26-15/h3-4,9,11-13H,5-8,10H2,1-2H3/t12-,13+/m1/s1. The van der Waals surface area contributed by atoms with Crippen LogP contribution in [0.15, 0.2) is 23.7 Å². The van der Waals surface area contributed by atoms with Crippen molar-refractivity contribution in [3.63, 3.8) is 0 Å². The Morgan fingerprint density at radius 3 is 2.62 bits per heavy atom. The maximum absolute atomic E-state index is 12.7. The number of hydrogen-bond acceptors (Lipinski definition) is 5. The molecule has 2 aromatic rings. The van der Waals surface area contributed by atoms with Crippen molar-refractivity contribution in [2.24, 2.45) is 13.0 Å². The van der Waals surface area contributed by atoms with Crippen LogP contribution >= 0.6 is 11.3 Å². The van der Waals surface area contributed by atoms with Gasteiger partial charge in [-0.1, -0.05) is 6.07 Å². The molecule has 7 nitrogen and oxygen atoms in total. The van der Waals surface area contributed by atoms with Gasteiger partial charge >= 0.3 is 0 Å². The molecule has 138 valence electrons. The van der Waals surface area contributed by atoms with Crippen molar-refractivity contribution in [2.45, 2.75) is 12.3 Å². The highest BCUT2D eigenvalue weighted by Gasteiger charge is 2.46. The van der Waals surface area contributed by atoms with Crippen molar-refractivity contribution in [3.05, 3.63) is 34.2 Å². The van der Waals surface area contributed by atoms with Crippen LogP contribution < -0.4 is 4.74 Å². The maximum atomic E-state index is 12.7. The molecule has 8 heteroatoms. The van der Waals surface area contributed by atoms with E-state index in [0.717, 1.165) is 6.42 Å². The minimum absolute atomic E-state index is 0.0927. The van der Waals surface area contributed by atoms with Crippen LogP contribution in [0.25, 0.3) is 0 Å². The molecule has 0 N–H and O–H groups in total. The third kappa shape index (κ3) is 3.09. The topological polar surface area (TPSA) is 67.7 Å². The lowest BCUT2D eigenvalue weighted by Gasteiger charge is -2.34. The number of aryl methyl sites for hydroxylation is 1. The number of hydrogen-bond donors (Lipinski definition) is 0. The summed E-state index contributed by atoms with van der Waals surface area (Å²) in [4.78, 5) is 30.4. The summed E-state index contributed by atoms with van der Waals surface area (Å²) in [5.41, 5.74) is 0.467. The monoisotopic (exact) mass is 374 g/mol. The molecule has 26 heavy (non-hydrogen) atoms. The van der Waals surface area contributed by atoms with Gasteiger partial charge in [0.2, 0.25) is 11.8 Å². The molecule has 0 spiro atoms. The predicted octanol–water partition coefficient (Wildman–Crippen LogP) is 1.58. The van der Waals surface area contributed by atoms with Crippen molar-refractivity contribution in [3.8, 4) is 5.88 Å². The summed E-state index contributed by atoms with van der Waals surface area (Å²) in [6, 6.07) is 4.15. The van der Waals surface area contributed by atoms with Crippen LogP contribution in [0.2, 0.25) is 0 Å². The molecule has 1 saturated carbocycles. The molecule has 2 amide bonds. The summed E-state index contributed by atoms with van der Waals surface area (Å²) in [6.07, 6.45) is 2.62. The van der Waals surface area contributed by atoms with E-state index in [2.05, 4.69) is 16.5 Å². The second-order valence-corrected chi connectivity index (χ2v) is 7.79. The summed E-state index contributed by atoms with van der Waals surface area (Å²) in [5, 5.41) is 6.20. The Hall–Kier alpha value is -2.35. The van der Waals surface area contributed by atoms with Crippen LogP contribution in [0, 0.1) is 5.92 Å². The normalized spacial score (nSPS) is 22.4. The van der Waals surface area contributed by atoms with E-state index in [1.807, 2.05) is 11.0 Å². The first kappa shape index (κ1) is 17.1. The summed E-state index contributed by atoms with van der Waals surface area (Å²) < 4.78 is 6.75. The molecule has 2 fully saturated rings. The Labute approximate surface area is 156 Å². The minimum atomic E-state index is -0.0927. The van der Waals surface area contributed by atoms with E-state index >= 15 is 0 Å². The fourth-order valence-corrected chi connectivity index (χ4v) is 4.49. The van der Waals surface area contributed by atoms with E-state index in [0.29, 0.717) is 43.5 Å². The molecule has 0 bridgehead atoms. The lowest BCUT2D eigenvalue weighted by molar-refractivity contribution is -0.134. The molecule has 0 unspecified atom stereocenters. The van der Waals surface area contributed by atoms with Crippen LogP contribution in [0.4, 0.5) is 0 Å². The number of amides is 2. The third-order valence-corrected chi connectivity index (χ3v) is 6.12. The number of piperazine rings is 1. The SMILES string of the molecule is COc1nn(C)cc1C(=O)N1CCN(C(=O)[C@H]2C[C@H]2c2cccs2)CC1. The molecule has 1 aliphatic heterocycles. The van der Waals surface area contributed by atoms with E-state index in [1.165, 1.54) is 12.0 Å². The highest BCUT2D eigenvalue weighted by molar-refractivity contribution is 7.10. The average Bonchev–Trinajstić information content (AvgIpc) is 3.09. The average molecular weight is 374 g/mol. The number of methoxy groups -OCH3 is 1. The molecular formula is C18H22N4O3S. The molecule has 1 aliphatic carbocycles. The van der Waals surface area contributed by atoms with Crippen LogP contribution in [0.1, 0.15) is 27.6 Å². The largest absolute Gasteiger partial charge is 0.479 e.